The molecule has 0 saturated carbocycles. The first-order valence-corrected chi connectivity index (χ1v) is 11.3. The van der Waals surface area contributed by atoms with E-state index in [1.54, 1.807) is 4.57 Å². The highest BCUT2D eigenvalue weighted by Gasteiger charge is 2.19. The Labute approximate surface area is 197 Å². The van der Waals surface area contributed by atoms with Crippen molar-refractivity contribution in [1.29, 1.82) is 0 Å². The molecule has 0 aliphatic rings. The zero-order valence-corrected chi connectivity index (χ0v) is 19.0. The summed E-state index contributed by atoms with van der Waals surface area (Å²) in [5.74, 6) is 1.28. The van der Waals surface area contributed by atoms with E-state index >= 15 is 0 Å². The molecule has 0 radical (unpaired) electrons. The molecule has 0 amide bonds. The van der Waals surface area contributed by atoms with Crippen molar-refractivity contribution in [3.8, 4) is 28.5 Å². The van der Waals surface area contributed by atoms with Crippen LogP contribution in [-0.4, -0.2) is 19.5 Å². The third kappa shape index (κ3) is 3.36. The van der Waals surface area contributed by atoms with E-state index in [1.807, 2.05) is 97.1 Å². The number of halogens is 1. The molecule has 2 aromatic heterocycles. The second-order valence-electron chi connectivity index (χ2n) is 7.72. The minimum Gasteiger partial charge on any atom is -0.338 e. The number of nitrogens with zero attached hydrogens (tertiary/aromatic N) is 3. The number of fused-ring (bicyclic) bond motifs is 2. The molecule has 6 rings (SSSR count). The predicted molar refractivity (Wildman–Crippen MR) is 136 cm³/mol. The molecule has 6 aromatic rings. The van der Waals surface area contributed by atoms with Crippen molar-refractivity contribution < 1.29 is 0 Å². The molecule has 4 aromatic carbocycles. The van der Waals surface area contributed by atoms with Crippen molar-refractivity contribution in [1.82, 2.24) is 19.5 Å². The van der Waals surface area contributed by atoms with Gasteiger partial charge in [-0.2, -0.15) is 0 Å². The zero-order valence-electron chi connectivity index (χ0n) is 17.4. The van der Waals surface area contributed by atoms with Gasteiger partial charge in [0.1, 0.15) is 11.6 Å². The van der Waals surface area contributed by atoms with Gasteiger partial charge < -0.3 is 4.98 Å². The lowest BCUT2D eigenvalue weighted by Crippen LogP contribution is -2.22. The van der Waals surface area contributed by atoms with Crippen LogP contribution in [0.5, 0.6) is 0 Å². The molecular weight excluding hydrogens is 476 g/mol. The van der Waals surface area contributed by atoms with E-state index in [9.17, 15) is 4.79 Å². The molecule has 0 atom stereocenters. The Morgan fingerprint density at radius 3 is 2.36 bits per heavy atom. The molecule has 0 bridgehead atoms. The normalized spacial score (nSPS) is 11.3. The summed E-state index contributed by atoms with van der Waals surface area (Å²) in [7, 11) is 0. The van der Waals surface area contributed by atoms with E-state index in [0.29, 0.717) is 22.6 Å². The Morgan fingerprint density at radius 1 is 0.758 bits per heavy atom. The van der Waals surface area contributed by atoms with Crippen LogP contribution in [0, 0.1) is 0 Å². The van der Waals surface area contributed by atoms with Gasteiger partial charge in [0.25, 0.3) is 5.56 Å². The molecule has 1 N–H and O–H groups in total. The van der Waals surface area contributed by atoms with Crippen LogP contribution >= 0.6 is 15.9 Å². The summed E-state index contributed by atoms with van der Waals surface area (Å²) in [6, 6.07) is 31.0. The Balaban J connectivity index is 1.70. The van der Waals surface area contributed by atoms with Crippen LogP contribution in [0.3, 0.4) is 0 Å². The highest BCUT2D eigenvalue weighted by molar-refractivity contribution is 9.10. The van der Waals surface area contributed by atoms with Gasteiger partial charge in [-0.25, -0.2) is 9.97 Å². The molecule has 0 saturated heterocycles. The van der Waals surface area contributed by atoms with Crippen molar-refractivity contribution in [3.63, 3.8) is 0 Å². The van der Waals surface area contributed by atoms with Crippen molar-refractivity contribution in [3.05, 3.63) is 112 Å². The highest BCUT2D eigenvalue weighted by atomic mass is 79.9. The van der Waals surface area contributed by atoms with Gasteiger partial charge in [0.15, 0.2) is 0 Å². The van der Waals surface area contributed by atoms with Gasteiger partial charge in [-0.1, -0.05) is 70.5 Å². The number of rotatable bonds is 3. The lowest BCUT2D eigenvalue weighted by atomic mass is 10.1. The van der Waals surface area contributed by atoms with Gasteiger partial charge in [-0.3, -0.25) is 9.36 Å². The van der Waals surface area contributed by atoms with Crippen LogP contribution in [0.15, 0.2) is 106 Å². The van der Waals surface area contributed by atoms with Gasteiger partial charge in [-0.15, -0.1) is 0 Å². The van der Waals surface area contributed by atoms with E-state index in [2.05, 4.69) is 20.9 Å². The summed E-state index contributed by atoms with van der Waals surface area (Å²) >= 11 is 3.49. The molecule has 33 heavy (non-hydrogen) atoms. The summed E-state index contributed by atoms with van der Waals surface area (Å²) < 4.78 is 2.52. The van der Waals surface area contributed by atoms with Crippen LogP contribution in [0.25, 0.3) is 50.4 Å². The van der Waals surface area contributed by atoms with Gasteiger partial charge in [0.05, 0.1) is 27.6 Å². The first kappa shape index (κ1) is 19.6. The largest absolute Gasteiger partial charge is 0.338 e. The minimum absolute atomic E-state index is 0.135. The number of H-pyrrole nitrogens is 1. The fourth-order valence-electron chi connectivity index (χ4n) is 4.11. The van der Waals surface area contributed by atoms with Crippen LogP contribution in [-0.2, 0) is 0 Å². The number of imidazole rings is 1. The zero-order chi connectivity index (χ0) is 22.4. The number of nitrogens with one attached hydrogen (secondary N) is 1. The number of aromatic nitrogens is 4. The van der Waals surface area contributed by atoms with Crippen LogP contribution in [0.4, 0.5) is 0 Å². The molecule has 0 spiro atoms. The molecule has 5 nitrogen and oxygen atoms in total. The number of para-hydroxylation sites is 3. The fourth-order valence-corrected chi connectivity index (χ4v) is 4.47. The second-order valence-corrected chi connectivity index (χ2v) is 8.64. The molecule has 0 fully saturated rings. The fraction of sp³-hybridized carbons (Fsp3) is 0. The van der Waals surface area contributed by atoms with Crippen molar-refractivity contribution in [2.75, 3.05) is 0 Å². The van der Waals surface area contributed by atoms with E-state index in [4.69, 9.17) is 9.97 Å². The average molecular weight is 493 g/mol. The predicted octanol–water partition coefficient (Wildman–Crippen LogP) is 6.36. The maximum Gasteiger partial charge on any atom is 0.266 e. The highest BCUT2D eigenvalue weighted by Crippen LogP contribution is 2.30. The number of hydrogen-bond donors (Lipinski definition) is 1. The van der Waals surface area contributed by atoms with Crippen LogP contribution < -0.4 is 5.56 Å². The lowest BCUT2D eigenvalue weighted by molar-refractivity contribution is 0.975. The quantitative estimate of drug-likeness (QED) is 0.312. The van der Waals surface area contributed by atoms with Crippen LogP contribution in [0.2, 0.25) is 0 Å². The SMILES string of the molecule is O=c1c2cc(Br)ccc2nc(-c2ccccc2)n1-c1ccccc1-c1nc2ccccc2[nH]1. The second kappa shape index (κ2) is 7.83. The maximum absolute atomic E-state index is 13.9. The third-order valence-corrected chi connectivity index (χ3v) is 6.14. The van der Waals surface area contributed by atoms with Crippen LogP contribution in [0.1, 0.15) is 0 Å². The summed E-state index contributed by atoms with van der Waals surface area (Å²) in [4.78, 5) is 27.0. The molecule has 158 valence electrons. The minimum atomic E-state index is -0.135. The van der Waals surface area contributed by atoms with E-state index in [0.717, 1.165) is 32.3 Å². The Morgan fingerprint density at radius 2 is 1.52 bits per heavy atom. The van der Waals surface area contributed by atoms with Gasteiger partial charge in [0.2, 0.25) is 0 Å². The van der Waals surface area contributed by atoms with Gasteiger partial charge >= 0.3 is 0 Å². The average Bonchev–Trinajstić information content (AvgIpc) is 3.29. The van der Waals surface area contributed by atoms with Gasteiger partial charge in [-0.05, 0) is 42.5 Å². The summed E-state index contributed by atoms with van der Waals surface area (Å²) in [5, 5.41) is 0.545. The topological polar surface area (TPSA) is 63.6 Å². The third-order valence-electron chi connectivity index (χ3n) is 5.65. The van der Waals surface area contributed by atoms with E-state index in [1.165, 1.54) is 0 Å². The monoisotopic (exact) mass is 492 g/mol. The van der Waals surface area contributed by atoms with Crippen molar-refractivity contribution in [2.45, 2.75) is 0 Å². The molecule has 2 heterocycles. The molecular formula is C27H17BrN4O. The smallest absolute Gasteiger partial charge is 0.266 e. The first-order valence-electron chi connectivity index (χ1n) is 10.5. The summed E-state index contributed by atoms with van der Waals surface area (Å²) in [6.45, 7) is 0. The summed E-state index contributed by atoms with van der Waals surface area (Å²) in [5.41, 5.74) is 4.73. The van der Waals surface area contributed by atoms with E-state index in [-0.39, 0.29) is 5.56 Å². The summed E-state index contributed by atoms with van der Waals surface area (Å²) in [6.07, 6.45) is 0. The lowest BCUT2D eigenvalue weighted by Gasteiger charge is -2.16. The Bertz CT molecular complexity index is 1670. The van der Waals surface area contributed by atoms with Crippen molar-refractivity contribution in [2.24, 2.45) is 0 Å². The number of hydrogen-bond acceptors (Lipinski definition) is 3. The molecule has 0 aliphatic heterocycles. The molecule has 6 heteroatoms. The van der Waals surface area contributed by atoms with Gasteiger partial charge in [0, 0.05) is 15.6 Å². The standard InChI is InChI=1S/C27H17BrN4O/c28-18-14-15-21-20(16-18)27(33)32(26(31-21)17-8-2-1-3-9-17)24-13-7-4-10-19(24)25-29-22-11-5-6-12-23(22)30-25/h1-16H,(H,29,30). The number of aromatic amines is 1. The Kier molecular flexibility index (Phi) is 4.66. The Hall–Kier alpha value is -4.03. The molecule has 0 unspecified atom stereocenters. The van der Waals surface area contributed by atoms with E-state index < -0.39 is 0 Å². The first-order chi connectivity index (χ1) is 16.2. The number of benzene rings is 4. The van der Waals surface area contributed by atoms with Crippen molar-refractivity contribution >= 4 is 37.9 Å². The molecule has 0 aliphatic carbocycles. The maximum atomic E-state index is 13.9.